The Bertz CT molecular complexity index is 1170. The summed E-state index contributed by atoms with van der Waals surface area (Å²) < 4.78 is 38.5. The van der Waals surface area contributed by atoms with Crippen LogP contribution in [0.15, 0.2) is 53.3 Å². The highest BCUT2D eigenvalue weighted by molar-refractivity contribution is 5.77. The fraction of sp³-hybridized carbons (Fsp3) is 0.318. The lowest BCUT2D eigenvalue weighted by Gasteiger charge is -2.34. The van der Waals surface area contributed by atoms with Crippen LogP contribution >= 0.6 is 0 Å². The average Bonchev–Trinajstić information content (AvgIpc) is 2.78. The fourth-order valence-corrected chi connectivity index (χ4v) is 3.68. The Morgan fingerprint density at radius 3 is 2.56 bits per heavy atom. The summed E-state index contributed by atoms with van der Waals surface area (Å²) >= 11 is 0. The van der Waals surface area contributed by atoms with Gasteiger partial charge in [-0.1, -0.05) is 24.3 Å². The summed E-state index contributed by atoms with van der Waals surface area (Å²) in [4.78, 5) is 35.7. The van der Waals surface area contributed by atoms with E-state index in [-0.39, 0.29) is 18.1 Å². The van der Waals surface area contributed by atoms with Crippen LogP contribution in [0.5, 0.6) is 0 Å². The Morgan fingerprint density at radius 2 is 1.81 bits per heavy atom. The highest BCUT2D eigenvalue weighted by atomic mass is 19.4. The molecule has 1 fully saturated rings. The number of para-hydroxylation sites is 1. The molecule has 32 heavy (non-hydrogen) atoms. The summed E-state index contributed by atoms with van der Waals surface area (Å²) in [6.07, 6.45) is -4.42. The minimum atomic E-state index is -4.42. The number of nitrogens with zero attached hydrogens (tertiary/aromatic N) is 3. The zero-order valence-electron chi connectivity index (χ0n) is 17.2. The van der Waals surface area contributed by atoms with Gasteiger partial charge in [-0.15, -0.1) is 0 Å². The van der Waals surface area contributed by atoms with Crippen molar-refractivity contribution in [2.24, 2.45) is 0 Å². The predicted octanol–water partition coefficient (Wildman–Crippen LogP) is 2.97. The molecular weight excluding hydrogens is 423 g/mol. The average molecular weight is 445 g/mol. The van der Waals surface area contributed by atoms with Gasteiger partial charge in [-0.3, -0.25) is 9.69 Å². The van der Waals surface area contributed by atoms with Gasteiger partial charge in [0.05, 0.1) is 23.0 Å². The maximum atomic E-state index is 12.8. The van der Waals surface area contributed by atoms with E-state index >= 15 is 0 Å². The van der Waals surface area contributed by atoms with Crippen molar-refractivity contribution in [2.45, 2.75) is 19.3 Å². The van der Waals surface area contributed by atoms with E-state index < -0.39 is 11.7 Å². The lowest BCUT2D eigenvalue weighted by atomic mass is 10.1. The van der Waals surface area contributed by atoms with Crippen molar-refractivity contribution in [1.29, 1.82) is 0 Å². The van der Waals surface area contributed by atoms with E-state index in [1.54, 1.807) is 29.2 Å². The Hall–Kier alpha value is -3.40. The monoisotopic (exact) mass is 445 g/mol. The molecule has 3 aromatic rings. The Balaban J connectivity index is 1.29. The van der Waals surface area contributed by atoms with Crippen LogP contribution < -0.4 is 10.9 Å². The number of rotatable bonds is 4. The third kappa shape index (κ3) is 5.08. The van der Waals surface area contributed by atoms with E-state index in [0.717, 1.165) is 12.1 Å². The number of hydrogen-bond acceptors (Lipinski definition) is 4. The quantitative estimate of drug-likeness (QED) is 0.647. The number of piperazine rings is 1. The van der Waals surface area contributed by atoms with Crippen molar-refractivity contribution in [3.63, 3.8) is 0 Å². The third-order valence-corrected chi connectivity index (χ3v) is 5.39. The van der Waals surface area contributed by atoms with Crippen molar-refractivity contribution in [2.75, 3.05) is 26.2 Å². The number of urea groups is 1. The molecule has 0 saturated carbocycles. The van der Waals surface area contributed by atoms with Crippen LogP contribution in [0.25, 0.3) is 10.9 Å². The summed E-state index contributed by atoms with van der Waals surface area (Å²) in [5, 5.41) is 3.22. The molecule has 0 aliphatic carbocycles. The maximum Gasteiger partial charge on any atom is 0.416 e. The van der Waals surface area contributed by atoms with Crippen LogP contribution in [0.4, 0.5) is 18.0 Å². The largest absolute Gasteiger partial charge is 0.416 e. The molecule has 168 valence electrons. The van der Waals surface area contributed by atoms with Gasteiger partial charge in [-0.2, -0.15) is 13.2 Å². The van der Waals surface area contributed by atoms with Crippen LogP contribution in [0.3, 0.4) is 0 Å². The van der Waals surface area contributed by atoms with Crippen molar-refractivity contribution < 1.29 is 18.0 Å². The zero-order valence-corrected chi connectivity index (χ0v) is 17.2. The van der Waals surface area contributed by atoms with Crippen molar-refractivity contribution >= 4 is 16.9 Å². The van der Waals surface area contributed by atoms with Crippen molar-refractivity contribution in [1.82, 2.24) is 25.1 Å². The molecule has 4 rings (SSSR count). The lowest BCUT2D eigenvalue weighted by molar-refractivity contribution is -0.137. The summed E-state index contributed by atoms with van der Waals surface area (Å²) in [6, 6.07) is 11.7. The first kappa shape index (κ1) is 21.8. The third-order valence-electron chi connectivity index (χ3n) is 5.39. The number of halogens is 3. The van der Waals surface area contributed by atoms with Gasteiger partial charge in [0.2, 0.25) is 0 Å². The number of nitrogens with one attached hydrogen (secondary N) is 2. The molecule has 1 saturated heterocycles. The summed E-state index contributed by atoms with van der Waals surface area (Å²) in [5.41, 5.74) is 0.105. The van der Waals surface area contributed by atoms with Gasteiger partial charge in [0.15, 0.2) is 0 Å². The molecule has 2 amide bonds. The van der Waals surface area contributed by atoms with Crippen molar-refractivity contribution in [3.8, 4) is 0 Å². The second kappa shape index (κ2) is 8.99. The SMILES string of the molecule is O=C(NCc1cccc(C(F)(F)F)c1)N1CCN(Cc2nc3ccccc3c(=O)[nH]2)CC1. The molecule has 2 heterocycles. The summed E-state index contributed by atoms with van der Waals surface area (Å²) in [5.74, 6) is 0.566. The number of carbonyl (C=O) groups is 1. The van der Waals surface area contributed by atoms with E-state index in [4.69, 9.17) is 0 Å². The molecule has 7 nitrogen and oxygen atoms in total. The molecule has 0 bridgehead atoms. The number of aromatic amines is 1. The van der Waals surface area contributed by atoms with Crippen LogP contribution in [0.1, 0.15) is 17.0 Å². The number of amides is 2. The summed E-state index contributed by atoms with van der Waals surface area (Å²) in [6.45, 7) is 2.59. The van der Waals surface area contributed by atoms with Crippen LogP contribution in [-0.4, -0.2) is 52.0 Å². The predicted molar refractivity (Wildman–Crippen MR) is 113 cm³/mol. The standard InChI is InChI=1S/C22H22F3N5O2/c23-22(24,25)16-5-3-4-15(12-16)13-26-21(32)30-10-8-29(9-11-30)14-19-27-18-7-2-1-6-17(18)20(31)28-19/h1-7,12H,8-11,13-14H2,(H,26,32)(H,27,28,31). The molecule has 1 aliphatic rings. The van der Waals surface area contributed by atoms with Gasteiger partial charge >= 0.3 is 12.2 Å². The number of carbonyl (C=O) groups excluding carboxylic acids is 1. The first-order valence-corrected chi connectivity index (χ1v) is 10.2. The second-order valence-corrected chi connectivity index (χ2v) is 7.65. The van der Waals surface area contributed by atoms with E-state index in [9.17, 15) is 22.8 Å². The first-order chi connectivity index (χ1) is 15.3. The van der Waals surface area contributed by atoms with Gasteiger partial charge in [-0.05, 0) is 29.8 Å². The second-order valence-electron chi connectivity index (χ2n) is 7.65. The Kier molecular flexibility index (Phi) is 6.13. The van der Waals surface area contributed by atoms with E-state index in [1.165, 1.54) is 6.07 Å². The minimum absolute atomic E-state index is 0.0191. The van der Waals surface area contributed by atoms with Crippen LogP contribution in [0, 0.1) is 0 Å². The Morgan fingerprint density at radius 1 is 1.06 bits per heavy atom. The molecule has 0 radical (unpaired) electrons. The van der Waals surface area contributed by atoms with E-state index in [2.05, 4.69) is 20.2 Å². The Labute approximate surface area is 181 Å². The van der Waals surface area contributed by atoms with Gasteiger partial charge in [0.1, 0.15) is 5.82 Å². The smallest absolute Gasteiger partial charge is 0.334 e. The van der Waals surface area contributed by atoms with Crippen molar-refractivity contribution in [3.05, 3.63) is 75.8 Å². The minimum Gasteiger partial charge on any atom is -0.334 e. The van der Waals surface area contributed by atoms with E-state index in [0.29, 0.717) is 55.0 Å². The van der Waals surface area contributed by atoms with Gasteiger partial charge in [0.25, 0.3) is 5.56 Å². The zero-order chi connectivity index (χ0) is 22.7. The number of benzene rings is 2. The highest BCUT2D eigenvalue weighted by Crippen LogP contribution is 2.29. The van der Waals surface area contributed by atoms with E-state index in [1.807, 2.05) is 6.07 Å². The topological polar surface area (TPSA) is 81.3 Å². The first-order valence-electron chi connectivity index (χ1n) is 10.2. The number of H-pyrrole nitrogens is 1. The molecular formula is C22H22F3N5O2. The molecule has 1 aromatic heterocycles. The van der Waals surface area contributed by atoms with Gasteiger partial charge in [-0.25, -0.2) is 9.78 Å². The highest BCUT2D eigenvalue weighted by Gasteiger charge is 2.30. The number of aromatic nitrogens is 2. The van der Waals surface area contributed by atoms with Crippen LogP contribution in [-0.2, 0) is 19.3 Å². The molecule has 10 heteroatoms. The number of fused-ring (bicyclic) bond motifs is 1. The molecule has 0 atom stereocenters. The molecule has 0 unspecified atom stereocenters. The lowest BCUT2D eigenvalue weighted by Crippen LogP contribution is -2.51. The van der Waals surface area contributed by atoms with Crippen LogP contribution in [0.2, 0.25) is 0 Å². The molecule has 0 spiro atoms. The number of alkyl halides is 3. The number of hydrogen-bond donors (Lipinski definition) is 2. The molecule has 2 aromatic carbocycles. The summed E-state index contributed by atoms with van der Waals surface area (Å²) in [7, 11) is 0. The molecule has 1 aliphatic heterocycles. The fourth-order valence-electron chi connectivity index (χ4n) is 3.68. The van der Waals surface area contributed by atoms with Gasteiger partial charge < -0.3 is 15.2 Å². The van der Waals surface area contributed by atoms with Gasteiger partial charge in [0, 0.05) is 32.7 Å². The normalized spacial score (nSPS) is 15.2. The maximum absolute atomic E-state index is 12.8. The molecule has 2 N–H and O–H groups in total.